The van der Waals surface area contributed by atoms with Crippen LogP contribution >= 0.6 is 12.2 Å². The summed E-state index contributed by atoms with van der Waals surface area (Å²) in [5.74, 6) is -1.34. The molecule has 0 atom stereocenters. The molecule has 0 fully saturated rings. The summed E-state index contributed by atoms with van der Waals surface area (Å²) in [6.45, 7) is -0.933. The number of alkyl halides is 2. The molecule has 25 heavy (non-hydrogen) atoms. The lowest BCUT2D eigenvalue weighted by Crippen LogP contribution is -2.37. The average molecular weight is 370 g/mol. The van der Waals surface area contributed by atoms with E-state index in [1.165, 1.54) is 18.2 Å². The number of hydrogen-bond acceptors (Lipinski definition) is 6. The summed E-state index contributed by atoms with van der Waals surface area (Å²) < 4.78 is 34.4. The Balaban J connectivity index is 2.37. The summed E-state index contributed by atoms with van der Waals surface area (Å²) >= 11 is 5.11. The van der Waals surface area contributed by atoms with Crippen LogP contribution in [0.25, 0.3) is 0 Å². The first kappa shape index (κ1) is 18.8. The van der Waals surface area contributed by atoms with E-state index in [0.29, 0.717) is 18.5 Å². The van der Waals surface area contributed by atoms with E-state index in [1.807, 2.05) is 0 Å². The third-order valence-electron chi connectivity index (χ3n) is 3.29. The summed E-state index contributed by atoms with van der Waals surface area (Å²) in [6, 6.07) is 5.91. The van der Waals surface area contributed by atoms with Gasteiger partial charge in [0.25, 0.3) is 5.91 Å². The summed E-state index contributed by atoms with van der Waals surface area (Å²) in [4.78, 5) is 24.0. The first-order valence-corrected chi connectivity index (χ1v) is 7.88. The van der Waals surface area contributed by atoms with Crippen molar-refractivity contribution in [1.82, 2.24) is 5.32 Å². The molecule has 0 unspecified atom stereocenters. The fourth-order valence-electron chi connectivity index (χ4n) is 2.23. The SMILES string of the molecule is CCOC(=O)C(=S)C1=C(Nc2ccccc2OC(F)F)C(=O)NCC1. The van der Waals surface area contributed by atoms with Crippen LogP contribution in [0.2, 0.25) is 0 Å². The Morgan fingerprint density at radius 3 is 2.80 bits per heavy atom. The number of para-hydroxylation sites is 2. The number of amides is 1. The van der Waals surface area contributed by atoms with Gasteiger partial charge in [0, 0.05) is 12.1 Å². The second-order valence-corrected chi connectivity index (χ2v) is 5.32. The van der Waals surface area contributed by atoms with Gasteiger partial charge in [0.2, 0.25) is 0 Å². The molecular formula is C16H16F2N2O4S. The van der Waals surface area contributed by atoms with E-state index in [-0.39, 0.29) is 28.6 Å². The van der Waals surface area contributed by atoms with Crippen LogP contribution in [-0.4, -0.2) is 36.5 Å². The van der Waals surface area contributed by atoms with Gasteiger partial charge < -0.3 is 20.1 Å². The Morgan fingerprint density at radius 1 is 1.40 bits per heavy atom. The van der Waals surface area contributed by atoms with Gasteiger partial charge >= 0.3 is 12.6 Å². The van der Waals surface area contributed by atoms with Crippen LogP contribution in [0.3, 0.4) is 0 Å². The first-order chi connectivity index (χ1) is 11.9. The standard InChI is InChI=1S/C16H16F2N2O4S/c1-2-23-15(22)13(25)9-7-8-19-14(21)12(9)20-10-5-3-4-6-11(10)24-16(17)18/h3-6,16,20H,2,7-8H2,1H3,(H,19,21). The highest BCUT2D eigenvalue weighted by Crippen LogP contribution is 2.28. The second kappa shape index (κ2) is 8.52. The van der Waals surface area contributed by atoms with Crippen LogP contribution in [0.1, 0.15) is 13.3 Å². The third kappa shape index (κ3) is 4.72. The number of halogens is 2. The van der Waals surface area contributed by atoms with Gasteiger partial charge in [-0.15, -0.1) is 0 Å². The second-order valence-electron chi connectivity index (χ2n) is 4.91. The van der Waals surface area contributed by atoms with Gasteiger partial charge in [0.05, 0.1) is 12.3 Å². The van der Waals surface area contributed by atoms with E-state index in [0.717, 1.165) is 0 Å². The van der Waals surface area contributed by atoms with Gasteiger partial charge in [-0.2, -0.15) is 8.78 Å². The number of carbonyl (C=O) groups excluding carboxylic acids is 2. The maximum Gasteiger partial charge on any atom is 0.387 e. The molecule has 0 aromatic heterocycles. The number of thiocarbonyl (C=S) groups is 1. The lowest BCUT2D eigenvalue weighted by atomic mass is 10.0. The molecule has 9 heteroatoms. The zero-order valence-corrected chi connectivity index (χ0v) is 14.1. The Kier molecular flexibility index (Phi) is 6.40. The fourth-order valence-corrected chi connectivity index (χ4v) is 2.50. The molecule has 1 aliphatic heterocycles. The van der Waals surface area contributed by atoms with Crippen molar-refractivity contribution < 1.29 is 27.8 Å². The summed E-state index contributed by atoms with van der Waals surface area (Å²) in [5.41, 5.74) is 0.456. The fraction of sp³-hybridized carbons (Fsp3) is 0.312. The van der Waals surface area contributed by atoms with Crippen molar-refractivity contribution in [1.29, 1.82) is 0 Å². The monoisotopic (exact) mass is 370 g/mol. The normalized spacial score (nSPS) is 14.2. The van der Waals surface area contributed by atoms with Crippen LogP contribution in [-0.2, 0) is 14.3 Å². The highest BCUT2D eigenvalue weighted by molar-refractivity contribution is 7.82. The molecule has 6 nitrogen and oxygen atoms in total. The van der Waals surface area contributed by atoms with Crippen molar-refractivity contribution in [2.24, 2.45) is 0 Å². The van der Waals surface area contributed by atoms with Gasteiger partial charge in [-0.05, 0) is 25.5 Å². The molecule has 0 radical (unpaired) electrons. The molecule has 0 bridgehead atoms. The molecule has 1 aromatic carbocycles. The van der Waals surface area contributed by atoms with Crippen molar-refractivity contribution in [2.45, 2.75) is 20.0 Å². The molecule has 0 saturated heterocycles. The van der Waals surface area contributed by atoms with Crippen LogP contribution in [0, 0.1) is 0 Å². The van der Waals surface area contributed by atoms with E-state index in [9.17, 15) is 18.4 Å². The third-order valence-corrected chi connectivity index (χ3v) is 3.70. The minimum Gasteiger partial charge on any atom is -0.462 e. The van der Waals surface area contributed by atoms with E-state index in [1.54, 1.807) is 13.0 Å². The lowest BCUT2D eigenvalue weighted by molar-refractivity contribution is -0.134. The van der Waals surface area contributed by atoms with Crippen LogP contribution in [0.4, 0.5) is 14.5 Å². The number of hydrogen-bond donors (Lipinski definition) is 2. The van der Waals surface area contributed by atoms with Crippen molar-refractivity contribution in [3.05, 3.63) is 35.5 Å². The van der Waals surface area contributed by atoms with E-state index in [2.05, 4.69) is 15.4 Å². The Labute approximate surface area is 148 Å². The van der Waals surface area contributed by atoms with Gasteiger partial charge in [0.15, 0.2) is 0 Å². The maximum atomic E-state index is 12.5. The van der Waals surface area contributed by atoms with Crippen molar-refractivity contribution in [2.75, 3.05) is 18.5 Å². The molecule has 1 amide bonds. The average Bonchev–Trinajstić information content (AvgIpc) is 2.57. The Morgan fingerprint density at radius 2 is 2.12 bits per heavy atom. The quantitative estimate of drug-likeness (QED) is 0.567. The molecule has 2 N–H and O–H groups in total. The van der Waals surface area contributed by atoms with Crippen LogP contribution in [0.15, 0.2) is 35.5 Å². The van der Waals surface area contributed by atoms with Crippen molar-refractivity contribution >= 4 is 34.6 Å². The molecule has 0 spiro atoms. The summed E-state index contributed by atoms with van der Waals surface area (Å²) in [6.07, 6.45) is 0.309. The predicted octanol–water partition coefficient (Wildman–Crippen LogP) is 2.41. The number of carbonyl (C=O) groups is 2. The number of esters is 1. The minimum absolute atomic E-state index is 0.00891. The van der Waals surface area contributed by atoms with E-state index < -0.39 is 18.5 Å². The number of rotatable bonds is 7. The minimum atomic E-state index is -3.02. The molecule has 134 valence electrons. The largest absolute Gasteiger partial charge is 0.462 e. The molecule has 1 heterocycles. The maximum absolute atomic E-state index is 12.5. The number of ether oxygens (including phenoxy) is 2. The Bertz CT molecular complexity index is 722. The van der Waals surface area contributed by atoms with E-state index >= 15 is 0 Å². The zero-order chi connectivity index (χ0) is 18.4. The Hall–Kier alpha value is -2.55. The van der Waals surface area contributed by atoms with Gasteiger partial charge in [-0.25, -0.2) is 4.79 Å². The molecule has 0 aliphatic carbocycles. The van der Waals surface area contributed by atoms with Crippen molar-refractivity contribution in [3.63, 3.8) is 0 Å². The van der Waals surface area contributed by atoms with Crippen LogP contribution in [0.5, 0.6) is 5.75 Å². The number of nitrogens with one attached hydrogen (secondary N) is 2. The molecule has 1 aliphatic rings. The highest BCUT2D eigenvalue weighted by Gasteiger charge is 2.27. The number of anilines is 1. The first-order valence-electron chi connectivity index (χ1n) is 7.47. The smallest absolute Gasteiger partial charge is 0.387 e. The zero-order valence-electron chi connectivity index (χ0n) is 13.3. The molecular weight excluding hydrogens is 354 g/mol. The van der Waals surface area contributed by atoms with Gasteiger partial charge in [-0.1, -0.05) is 24.4 Å². The van der Waals surface area contributed by atoms with Gasteiger partial charge in [0.1, 0.15) is 16.3 Å². The summed E-state index contributed by atoms with van der Waals surface area (Å²) in [5, 5.41) is 5.35. The van der Waals surface area contributed by atoms with Crippen LogP contribution < -0.4 is 15.4 Å². The molecule has 2 rings (SSSR count). The van der Waals surface area contributed by atoms with E-state index in [4.69, 9.17) is 17.0 Å². The van der Waals surface area contributed by atoms with Gasteiger partial charge in [-0.3, -0.25) is 4.79 Å². The van der Waals surface area contributed by atoms with Crippen molar-refractivity contribution in [3.8, 4) is 5.75 Å². The lowest BCUT2D eigenvalue weighted by Gasteiger charge is -2.22. The topological polar surface area (TPSA) is 76.7 Å². The highest BCUT2D eigenvalue weighted by atomic mass is 32.1. The molecule has 0 saturated carbocycles. The summed E-state index contributed by atoms with van der Waals surface area (Å²) in [7, 11) is 0. The number of benzene rings is 1. The predicted molar refractivity (Wildman–Crippen MR) is 90.6 cm³/mol. The molecule has 1 aromatic rings.